The lowest BCUT2D eigenvalue weighted by atomic mass is 9.71. The quantitative estimate of drug-likeness (QED) is 0.0924. The van der Waals surface area contributed by atoms with Crippen LogP contribution in [0.2, 0.25) is 0 Å². The van der Waals surface area contributed by atoms with Gasteiger partial charge in [0.1, 0.15) is 0 Å². The van der Waals surface area contributed by atoms with Gasteiger partial charge in [-0.05, 0) is 99.1 Å². The minimum Gasteiger partial charge on any atom is -0.355 e. The Morgan fingerprint density at radius 2 is 0.824 bits per heavy atom. The molecule has 0 bridgehead atoms. The number of benzene rings is 7. The lowest BCUT2D eigenvalue weighted by molar-refractivity contribution is 0.321. The molecule has 8 aromatic rings. The highest BCUT2D eigenvalue weighted by Crippen LogP contribution is 2.45. The molecule has 1 N–H and O–H groups in total. The van der Waals surface area contributed by atoms with Gasteiger partial charge >= 0.3 is 0 Å². The fourth-order valence-corrected chi connectivity index (χ4v) is 9.68. The Morgan fingerprint density at radius 1 is 0.446 bits per heavy atom. The first-order valence-electron chi connectivity index (χ1n) is 26.4. The average molecular weight is 971 g/mol. The summed E-state index contributed by atoms with van der Waals surface area (Å²) in [5.41, 5.74) is 17.6. The van der Waals surface area contributed by atoms with E-state index in [1.54, 1.807) is 0 Å². The number of rotatable bonds is 17. The van der Waals surface area contributed by atoms with Crippen LogP contribution in [-0.2, 0) is 0 Å². The first-order valence-corrected chi connectivity index (χ1v) is 26.4. The third-order valence-electron chi connectivity index (χ3n) is 13.8. The molecule has 0 atom stereocenters. The Hall–Kier alpha value is -7.69. The SMILES string of the molecule is C=C(/C=C(\CC)CC(C)(C)C/C(=C\C(=C/CC)C(C)(C)C)C(C)(C)C)Nc1c(-c2ccc(-c3ccccc3)cc2)cc(-c2nc(-c3ccccc3)nc(-c3ccccc3)n2)cc1-c1ccc(-c2ccccc2)cc1. The predicted octanol–water partition coefficient (Wildman–Crippen LogP) is 20.0. The van der Waals surface area contributed by atoms with Gasteiger partial charge in [0.15, 0.2) is 17.5 Å². The molecule has 4 nitrogen and oxygen atoms in total. The Kier molecular flexibility index (Phi) is 16.4. The largest absolute Gasteiger partial charge is 0.355 e. The number of anilines is 1. The van der Waals surface area contributed by atoms with Crippen molar-refractivity contribution in [3.8, 4) is 78.7 Å². The highest BCUT2D eigenvalue weighted by molar-refractivity contribution is 5.95. The molecule has 0 unspecified atom stereocenters. The fraction of sp³-hybridized carbons (Fsp3) is 0.243. The monoisotopic (exact) mass is 971 g/mol. The van der Waals surface area contributed by atoms with Crippen molar-refractivity contribution in [2.45, 2.75) is 94.9 Å². The number of hydrogen-bond donors (Lipinski definition) is 1. The highest BCUT2D eigenvalue weighted by Gasteiger charge is 2.29. The summed E-state index contributed by atoms with van der Waals surface area (Å²) in [5, 5.41) is 3.95. The first kappa shape index (κ1) is 52.6. The summed E-state index contributed by atoms with van der Waals surface area (Å²) in [5.74, 6) is 1.82. The van der Waals surface area contributed by atoms with E-state index < -0.39 is 0 Å². The smallest absolute Gasteiger partial charge is 0.164 e. The summed E-state index contributed by atoms with van der Waals surface area (Å²) in [4.78, 5) is 15.5. The summed E-state index contributed by atoms with van der Waals surface area (Å²) in [6, 6.07) is 63.7. The third kappa shape index (κ3) is 13.3. The van der Waals surface area contributed by atoms with Crippen LogP contribution in [-0.4, -0.2) is 15.0 Å². The van der Waals surface area contributed by atoms with Crippen LogP contribution in [0, 0.1) is 16.2 Å². The van der Waals surface area contributed by atoms with Crippen LogP contribution >= 0.6 is 0 Å². The topological polar surface area (TPSA) is 50.7 Å². The van der Waals surface area contributed by atoms with Crippen LogP contribution in [0.25, 0.3) is 78.7 Å². The van der Waals surface area contributed by atoms with Crippen LogP contribution in [0.3, 0.4) is 0 Å². The van der Waals surface area contributed by atoms with Crippen molar-refractivity contribution >= 4 is 5.69 Å². The molecule has 0 spiro atoms. The van der Waals surface area contributed by atoms with Gasteiger partial charge in [-0.15, -0.1) is 0 Å². The molecular weight excluding hydrogens is 897 g/mol. The summed E-state index contributed by atoms with van der Waals surface area (Å²) in [7, 11) is 0. The van der Waals surface area contributed by atoms with Gasteiger partial charge in [-0.2, -0.15) is 0 Å². The molecule has 0 aliphatic rings. The maximum atomic E-state index is 5.25. The van der Waals surface area contributed by atoms with E-state index in [4.69, 9.17) is 21.5 Å². The van der Waals surface area contributed by atoms with Crippen LogP contribution < -0.4 is 5.32 Å². The molecule has 0 saturated heterocycles. The minimum absolute atomic E-state index is 0.00282. The van der Waals surface area contributed by atoms with Crippen molar-refractivity contribution < 1.29 is 0 Å². The van der Waals surface area contributed by atoms with Gasteiger partial charge < -0.3 is 5.32 Å². The van der Waals surface area contributed by atoms with Gasteiger partial charge in [0, 0.05) is 33.5 Å². The van der Waals surface area contributed by atoms with Gasteiger partial charge in [-0.25, -0.2) is 15.0 Å². The minimum atomic E-state index is -0.00282. The zero-order valence-corrected chi connectivity index (χ0v) is 45.4. The van der Waals surface area contributed by atoms with E-state index in [0.29, 0.717) is 17.5 Å². The summed E-state index contributed by atoms with van der Waals surface area (Å²) in [6.45, 7) is 28.2. The number of nitrogens with zero attached hydrogens (tertiary/aromatic N) is 3. The van der Waals surface area contributed by atoms with Crippen LogP contribution in [0.5, 0.6) is 0 Å². The van der Waals surface area contributed by atoms with Crippen molar-refractivity contribution in [1.82, 2.24) is 15.0 Å². The van der Waals surface area contributed by atoms with Crippen molar-refractivity contribution in [1.29, 1.82) is 0 Å². The Balaban J connectivity index is 1.28. The molecule has 4 heteroatoms. The van der Waals surface area contributed by atoms with E-state index in [1.165, 1.54) is 27.8 Å². The number of hydrogen-bond acceptors (Lipinski definition) is 4. The molecule has 1 aromatic heterocycles. The van der Waals surface area contributed by atoms with Gasteiger partial charge in [0.05, 0.1) is 5.69 Å². The first-order chi connectivity index (χ1) is 35.5. The highest BCUT2D eigenvalue weighted by atomic mass is 15.0. The van der Waals surface area contributed by atoms with Crippen LogP contribution in [0.15, 0.2) is 229 Å². The van der Waals surface area contributed by atoms with Crippen molar-refractivity contribution in [2.24, 2.45) is 16.2 Å². The lowest BCUT2D eigenvalue weighted by Gasteiger charge is -2.34. The second-order valence-electron chi connectivity index (χ2n) is 22.4. The second kappa shape index (κ2) is 23.0. The van der Waals surface area contributed by atoms with E-state index >= 15 is 0 Å². The van der Waals surface area contributed by atoms with Gasteiger partial charge in [-0.1, -0.05) is 269 Å². The maximum Gasteiger partial charge on any atom is 0.164 e. The number of aromatic nitrogens is 3. The van der Waals surface area contributed by atoms with Crippen molar-refractivity contribution in [3.63, 3.8) is 0 Å². The van der Waals surface area contributed by atoms with E-state index in [-0.39, 0.29) is 16.2 Å². The third-order valence-corrected chi connectivity index (χ3v) is 13.8. The predicted molar refractivity (Wildman–Crippen MR) is 317 cm³/mol. The molecule has 0 aliphatic carbocycles. The summed E-state index contributed by atoms with van der Waals surface area (Å²) in [6.07, 6.45) is 11.1. The molecule has 0 aliphatic heterocycles. The van der Waals surface area contributed by atoms with E-state index in [2.05, 4.69) is 238 Å². The molecule has 74 heavy (non-hydrogen) atoms. The van der Waals surface area contributed by atoms with Crippen molar-refractivity contribution in [2.75, 3.05) is 5.32 Å². The normalized spacial score (nSPS) is 12.7. The number of nitrogens with one attached hydrogen (secondary N) is 1. The lowest BCUT2D eigenvalue weighted by Crippen LogP contribution is -2.21. The summed E-state index contributed by atoms with van der Waals surface area (Å²) < 4.78 is 0. The van der Waals surface area contributed by atoms with Gasteiger partial charge in [0.25, 0.3) is 0 Å². The summed E-state index contributed by atoms with van der Waals surface area (Å²) >= 11 is 0. The standard InChI is InChI=1S/C70H74N4/c1-12-26-60(68(4,5)6)46-61(69(7,8)9)48-70(10,11)47-50(13-2)43-49(3)71-64-62(55-39-35-53(36-40-55)51-27-18-14-19-28-51)44-59(45-63(64)56-41-37-54(38-42-56)52-29-20-15-21-30-52)67-73-65(57-31-22-16-23-32-57)72-66(74-67)58-33-24-17-25-34-58/h14-46,71H,3,12-13,47-48H2,1-2,4-11H3/b50-43+,60-26+,61-46+. The second-order valence-corrected chi connectivity index (χ2v) is 22.4. The number of allylic oxidation sites excluding steroid dienone is 6. The van der Waals surface area contributed by atoms with Gasteiger partial charge in [-0.3, -0.25) is 0 Å². The Labute approximate surface area is 442 Å². The molecule has 0 radical (unpaired) electrons. The Bertz CT molecular complexity index is 3090. The molecule has 0 saturated carbocycles. The maximum absolute atomic E-state index is 5.25. The van der Waals surface area contributed by atoms with E-state index in [1.807, 2.05) is 36.4 Å². The average Bonchev–Trinajstić information content (AvgIpc) is 3.40. The van der Waals surface area contributed by atoms with E-state index in [9.17, 15) is 0 Å². The van der Waals surface area contributed by atoms with E-state index in [0.717, 1.165) is 87.1 Å². The van der Waals surface area contributed by atoms with Crippen molar-refractivity contribution in [3.05, 3.63) is 229 Å². The Morgan fingerprint density at radius 3 is 1.20 bits per heavy atom. The molecule has 0 fully saturated rings. The zero-order valence-electron chi connectivity index (χ0n) is 45.4. The molecule has 1 heterocycles. The fourth-order valence-electron chi connectivity index (χ4n) is 9.68. The van der Waals surface area contributed by atoms with Gasteiger partial charge in [0.2, 0.25) is 0 Å². The molecule has 8 rings (SSSR count). The molecular formula is C70H74N4. The zero-order chi connectivity index (χ0) is 52.5. The van der Waals surface area contributed by atoms with Crippen LogP contribution in [0.4, 0.5) is 5.69 Å². The molecule has 7 aromatic carbocycles. The molecule has 374 valence electrons. The van der Waals surface area contributed by atoms with Crippen LogP contribution in [0.1, 0.15) is 94.9 Å². The molecule has 0 amide bonds.